The molecule has 1 N–H and O–H groups in total. The zero-order valence-corrected chi connectivity index (χ0v) is 11.6. The maximum Gasteiger partial charge on any atom is 0.193 e. The first-order valence-corrected chi connectivity index (χ1v) is 7.44. The van der Waals surface area contributed by atoms with E-state index in [0.717, 1.165) is 29.3 Å². The minimum atomic E-state index is 0.130. The van der Waals surface area contributed by atoms with Crippen molar-refractivity contribution in [3.63, 3.8) is 0 Å². The van der Waals surface area contributed by atoms with Gasteiger partial charge in [-0.2, -0.15) is 0 Å². The molecule has 1 aliphatic heterocycles. The molecule has 0 spiro atoms. The van der Waals surface area contributed by atoms with Crippen LogP contribution in [0, 0.1) is 0 Å². The van der Waals surface area contributed by atoms with Crippen LogP contribution in [-0.4, -0.2) is 15.2 Å². The zero-order chi connectivity index (χ0) is 13.5. The summed E-state index contributed by atoms with van der Waals surface area (Å²) >= 11 is 1.58. The van der Waals surface area contributed by atoms with Gasteiger partial charge in [0.1, 0.15) is 0 Å². The fourth-order valence-corrected chi connectivity index (χ4v) is 3.31. The molecule has 100 valence electrons. The first-order chi connectivity index (χ1) is 9.79. The van der Waals surface area contributed by atoms with Crippen molar-refractivity contribution in [2.75, 3.05) is 0 Å². The number of imidazole rings is 1. The molecule has 0 amide bonds. The van der Waals surface area contributed by atoms with E-state index in [2.05, 4.69) is 10.3 Å². The van der Waals surface area contributed by atoms with E-state index in [9.17, 15) is 4.79 Å². The molecule has 5 heteroatoms. The molecule has 4 nitrogen and oxygen atoms in total. The third-order valence-electron chi connectivity index (χ3n) is 3.64. The Morgan fingerprint density at radius 3 is 3.15 bits per heavy atom. The minimum Gasteiger partial charge on any atom is -0.309 e. The number of Topliss-reactive ketones (excluding diaryl/α,β-unsaturated/α-hetero) is 1. The summed E-state index contributed by atoms with van der Waals surface area (Å²) in [6.07, 6.45) is 4.25. The Bertz CT molecular complexity index is 774. The van der Waals surface area contributed by atoms with Crippen LogP contribution in [0.2, 0.25) is 0 Å². The highest BCUT2D eigenvalue weighted by atomic mass is 32.1. The number of thiazole rings is 1. The SMILES string of the molecule is O=C(Cc1cn2ccsc2n1)c1ccc2c(c1)CNC2. The van der Waals surface area contributed by atoms with E-state index in [4.69, 9.17) is 0 Å². The Balaban J connectivity index is 1.59. The summed E-state index contributed by atoms with van der Waals surface area (Å²) in [5.41, 5.74) is 4.15. The predicted octanol–water partition coefficient (Wildman–Crippen LogP) is 2.42. The van der Waals surface area contributed by atoms with Gasteiger partial charge in [-0.05, 0) is 17.2 Å². The lowest BCUT2D eigenvalue weighted by atomic mass is 10.0. The molecule has 4 rings (SSSR count). The van der Waals surface area contributed by atoms with Crippen molar-refractivity contribution in [1.29, 1.82) is 0 Å². The van der Waals surface area contributed by atoms with E-state index in [-0.39, 0.29) is 5.78 Å². The lowest BCUT2D eigenvalue weighted by Crippen LogP contribution is -2.04. The van der Waals surface area contributed by atoms with E-state index >= 15 is 0 Å². The van der Waals surface area contributed by atoms with Gasteiger partial charge < -0.3 is 5.32 Å². The van der Waals surface area contributed by atoms with Gasteiger partial charge in [0.15, 0.2) is 10.7 Å². The maximum absolute atomic E-state index is 12.3. The fraction of sp³-hybridized carbons (Fsp3) is 0.200. The van der Waals surface area contributed by atoms with Crippen LogP contribution in [-0.2, 0) is 19.5 Å². The van der Waals surface area contributed by atoms with E-state index < -0.39 is 0 Å². The van der Waals surface area contributed by atoms with Gasteiger partial charge >= 0.3 is 0 Å². The van der Waals surface area contributed by atoms with E-state index in [1.807, 2.05) is 40.4 Å². The number of ketones is 1. The van der Waals surface area contributed by atoms with Crippen LogP contribution < -0.4 is 5.32 Å². The highest BCUT2D eigenvalue weighted by molar-refractivity contribution is 7.15. The predicted molar refractivity (Wildman–Crippen MR) is 78.1 cm³/mol. The number of nitrogens with one attached hydrogen (secondary N) is 1. The Morgan fingerprint density at radius 1 is 1.35 bits per heavy atom. The summed E-state index contributed by atoms with van der Waals surface area (Å²) in [5, 5.41) is 5.28. The molecule has 0 saturated heterocycles. The zero-order valence-electron chi connectivity index (χ0n) is 10.8. The third-order valence-corrected chi connectivity index (χ3v) is 4.41. The number of carbonyl (C=O) groups is 1. The number of rotatable bonds is 3. The molecule has 0 atom stereocenters. The van der Waals surface area contributed by atoms with Crippen molar-refractivity contribution in [1.82, 2.24) is 14.7 Å². The summed E-state index contributed by atoms with van der Waals surface area (Å²) in [4.78, 5) is 17.7. The smallest absolute Gasteiger partial charge is 0.193 e. The van der Waals surface area contributed by atoms with Crippen molar-refractivity contribution in [2.45, 2.75) is 19.5 Å². The first kappa shape index (κ1) is 11.8. The number of nitrogens with zero attached hydrogens (tertiary/aromatic N) is 2. The Morgan fingerprint density at radius 2 is 2.25 bits per heavy atom. The summed E-state index contributed by atoms with van der Waals surface area (Å²) < 4.78 is 1.96. The van der Waals surface area contributed by atoms with Crippen molar-refractivity contribution in [3.8, 4) is 0 Å². The van der Waals surface area contributed by atoms with Gasteiger partial charge in [-0.1, -0.05) is 12.1 Å². The molecule has 3 heterocycles. The van der Waals surface area contributed by atoms with Crippen molar-refractivity contribution in [3.05, 3.63) is 58.4 Å². The van der Waals surface area contributed by atoms with Crippen molar-refractivity contribution in [2.24, 2.45) is 0 Å². The Kier molecular flexibility index (Phi) is 2.68. The molecule has 0 fully saturated rings. The molecule has 0 bridgehead atoms. The molecule has 1 aliphatic rings. The number of benzene rings is 1. The number of aromatic nitrogens is 2. The van der Waals surface area contributed by atoms with Gasteiger partial charge in [-0.15, -0.1) is 11.3 Å². The lowest BCUT2D eigenvalue weighted by Gasteiger charge is -2.02. The lowest BCUT2D eigenvalue weighted by molar-refractivity contribution is 0.0992. The molecule has 0 aliphatic carbocycles. The molecule has 2 aromatic heterocycles. The van der Waals surface area contributed by atoms with Crippen molar-refractivity contribution >= 4 is 22.1 Å². The number of fused-ring (bicyclic) bond motifs is 2. The van der Waals surface area contributed by atoms with Gasteiger partial charge in [-0.25, -0.2) is 4.98 Å². The van der Waals surface area contributed by atoms with E-state index in [1.54, 1.807) is 11.3 Å². The Labute approximate surface area is 120 Å². The van der Waals surface area contributed by atoms with E-state index in [0.29, 0.717) is 6.42 Å². The quantitative estimate of drug-likeness (QED) is 0.751. The number of hydrogen-bond donors (Lipinski definition) is 1. The normalized spacial score (nSPS) is 13.8. The van der Waals surface area contributed by atoms with E-state index in [1.165, 1.54) is 11.1 Å². The second-order valence-electron chi connectivity index (χ2n) is 5.01. The highest BCUT2D eigenvalue weighted by Gasteiger charge is 2.15. The third kappa shape index (κ3) is 1.95. The minimum absolute atomic E-state index is 0.130. The van der Waals surface area contributed by atoms with Crippen LogP contribution in [0.4, 0.5) is 0 Å². The van der Waals surface area contributed by atoms with Gasteiger partial charge in [0.05, 0.1) is 12.1 Å². The molecule has 20 heavy (non-hydrogen) atoms. The topological polar surface area (TPSA) is 46.4 Å². The van der Waals surface area contributed by atoms with Crippen molar-refractivity contribution < 1.29 is 4.79 Å². The average Bonchev–Trinajstić information content (AvgIpc) is 3.11. The van der Waals surface area contributed by atoms with Crippen LogP contribution in [0.5, 0.6) is 0 Å². The van der Waals surface area contributed by atoms with Crippen LogP contribution in [0.1, 0.15) is 27.2 Å². The summed E-state index contributed by atoms with van der Waals surface area (Å²) in [6.45, 7) is 1.76. The van der Waals surface area contributed by atoms with Crippen LogP contribution in [0.15, 0.2) is 36.0 Å². The largest absolute Gasteiger partial charge is 0.309 e. The molecular formula is C15H13N3OS. The molecule has 1 aromatic carbocycles. The van der Waals surface area contributed by atoms with Gasteiger partial charge in [0.2, 0.25) is 0 Å². The average molecular weight is 283 g/mol. The standard InChI is InChI=1S/C15H13N3OS/c19-14(6-13-9-18-3-4-20-15(18)17-13)10-1-2-11-7-16-8-12(11)5-10/h1-5,9,16H,6-8H2. The summed E-state index contributed by atoms with van der Waals surface area (Å²) in [5.74, 6) is 0.130. The second kappa shape index (κ2) is 4.54. The maximum atomic E-state index is 12.3. The van der Waals surface area contributed by atoms with Crippen LogP contribution in [0.25, 0.3) is 4.96 Å². The van der Waals surface area contributed by atoms with Gasteiger partial charge in [0.25, 0.3) is 0 Å². The number of carbonyl (C=O) groups excluding carboxylic acids is 1. The summed E-state index contributed by atoms with van der Waals surface area (Å²) in [7, 11) is 0. The number of hydrogen-bond acceptors (Lipinski definition) is 4. The molecule has 3 aromatic rings. The fourth-order valence-electron chi connectivity index (χ4n) is 2.60. The van der Waals surface area contributed by atoms with Crippen LogP contribution in [0.3, 0.4) is 0 Å². The molecule has 0 unspecified atom stereocenters. The molecular weight excluding hydrogens is 270 g/mol. The van der Waals surface area contributed by atoms with Gasteiger partial charge in [0, 0.05) is 36.4 Å². The van der Waals surface area contributed by atoms with Crippen LogP contribution >= 0.6 is 11.3 Å². The monoisotopic (exact) mass is 283 g/mol. The first-order valence-electron chi connectivity index (χ1n) is 6.56. The second-order valence-corrected chi connectivity index (χ2v) is 5.89. The molecule has 0 saturated carbocycles. The summed E-state index contributed by atoms with van der Waals surface area (Å²) in [6, 6.07) is 5.98. The highest BCUT2D eigenvalue weighted by Crippen LogP contribution is 2.19. The Hall–Kier alpha value is -1.98. The molecule has 0 radical (unpaired) electrons. The van der Waals surface area contributed by atoms with Gasteiger partial charge in [-0.3, -0.25) is 9.20 Å².